The molecule has 3 rings (SSSR count). The summed E-state index contributed by atoms with van der Waals surface area (Å²) >= 11 is 1.35. The van der Waals surface area contributed by atoms with Gasteiger partial charge in [-0.3, -0.25) is 4.79 Å². The molecule has 0 fully saturated rings. The number of carbonyl (C=O) groups is 2. The van der Waals surface area contributed by atoms with Crippen LogP contribution in [0.1, 0.15) is 13.8 Å². The van der Waals surface area contributed by atoms with Gasteiger partial charge in [0.05, 0.1) is 16.8 Å². The van der Waals surface area contributed by atoms with Crippen LogP contribution in [-0.2, 0) is 4.79 Å². The van der Waals surface area contributed by atoms with Gasteiger partial charge in [0.2, 0.25) is 5.91 Å². The van der Waals surface area contributed by atoms with Crippen LogP contribution in [0.3, 0.4) is 0 Å². The van der Waals surface area contributed by atoms with Gasteiger partial charge in [-0.05, 0) is 49.4 Å². The fourth-order valence-electron chi connectivity index (χ4n) is 2.30. The number of hydrogen-bond acceptors (Lipinski definition) is 5. The molecule has 0 aliphatic carbocycles. The van der Waals surface area contributed by atoms with Gasteiger partial charge in [0.1, 0.15) is 5.75 Å². The quantitative estimate of drug-likeness (QED) is 0.624. The average molecular weight is 370 g/mol. The Kier molecular flexibility index (Phi) is 5.33. The largest absolute Gasteiger partial charge is 0.494 e. The molecule has 0 bridgehead atoms. The van der Waals surface area contributed by atoms with E-state index in [0.29, 0.717) is 23.1 Å². The van der Waals surface area contributed by atoms with E-state index in [-0.39, 0.29) is 11.9 Å². The SMILES string of the molecule is CCOc1ccc(NC(=O)Nc2ccc3nc(NC(C)=O)sc3c2)cc1. The number of ether oxygens (including phenoxy) is 1. The van der Waals surface area contributed by atoms with E-state index in [1.54, 1.807) is 36.4 Å². The van der Waals surface area contributed by atoms with Gasteiger partial charge in [-0.15, -0.1) is 0 Å². The van der Waals surface area contributed by atoms with Crippen molar-refractivity contribution in [3.8, 4) is 5.75 Å². The topological polar surface area (TPSA) is 92.3 Å². The van der Waals surface area contributed by atoms with Crippen molar-refractivity contribution < 1.29 is 14.3 Å². The smallest absolute Gasteiger partial charge is 0.323 e. The number of thiazole rings is 1. The van der Waals surface area contributed by atoms with Crippen LogP contribution in [0.15, 0.2) is 42.5 Å². The molecule has 3 amide bonds. The lowest BCUT2D eigenvalue weighted by Gasteiger charge is -2.08. The summed E-state index contributed by atoms with van der Waals surface area (Å²) in [5.41, 5.74) is 2.06. The zero-order valence-corrected chi connectivity index (χ0v) is 15.1. The summed E-state index contributed by atoms with van der Waals surface area (Å²) in [5.74, 6) is 0.584. The minimum absolute atomic E-state index is 0.169. The molecule has 0 aliphatic heterocycles. The summed E-state index contributed by atoms with van der Waals surface area (Å²) in [7, 11) is 0. The number of carbonyl (C=O) groups excluding carboxylic acids is 2. The summed E-state index contributed by atoms with van der Waals surface area (Å²) in [4.78, 5) is 27.6. The Labute approximate surface area is 154 Å². The summed E-state index contributed by atoms with van der Waals surface area (Å²) < 4.78 is 6.24. The van der Waals surface area contributed by atoms with Gasteiger partial charge >= 0.3 is 6.03 Å². The zero-order valence-electron chi connectivity index (χ0n) is 14.3. The van der Waals surface area contributed by atoms with Gasteiger partial charge < -0.3 is 20.7 Å². The third-order valence-electron chi connectivity index (χ3n) is 3.35. The number of amides is 3. The zero-order chi connectivity index (χ0) is 18.5. The van der Waals surface area contributed by atoms with Crippen LogP contribution in [0.5, 0.6) is 5.75 Å². The number of nitrogens with one attached hydrogen (secondary N) is 3. The second-order valence-electron chi connectivity index (χ2n) is 5.42. The van der Waals surface area contributed by atoms with Crippen molar-refractivity contribution in [2.75, 3.05) is 22.6 Å². The number of fused-ring (bicyclic) bond motifs is 1. The van der Waals surface area contributed by atoms with Crippen molar-refractivity contribution in [3.63, 3.8) is 0 Å². The fraction of sp³-hybridized carbons (Fsp3) is 0.167. The molecule has 26 heavy (non-hydrogen) atoms. The van der Waals surface area contributed by atoms with Crippen LogP contribution in [0.2, 0.25) is 0 Å². The maximum Gasteiger partial charge on any atom is 0.323 e. The number of nitrogens with zero attached hydrogens (tertiary/aromatic N) is 1. The Morgan fingerprint density at radius 2 is 1.73 bits per heavy atom. The van der Waals surface area contributed by atoms with Crippen LogP contribution >= 0.6 is 11.3 Å². The predicted molar refractivity (Wildman–Crippen MR) is 104 cm³/mol. The van der Waals surface area contributed by atoms with Crippen molar-refractivity contribution in [2.24, 2.45) is 0 Å². The molecule has 0 saturated carbocycles. The van der Waals surface area contributed by atoms with Crippen molar-refractivity contribution in [1.82, 2.24) is 4.98 Å². The van der Waals surface area contributed by atoms with E-state index in [9.17, 15) is 9.59 Å². The normalized spacial score (nSPS) is 10.4. The first-order chi connectivity index (χ1) is 12.5. The highest BCUT2D eigenvalue weighted by Crippen LogP contribution is 2.28. The highest BCUT2D eigenvalue weighted by Gasteiger charge is 2.08. The summed E-state index contributed by atoms with van der Waals surface area (Å²) in [6.45, 7) is 3.94. The summed E-state index contributed by atoms with van der Waals surface area (Å²) in [6, 6.07) is 12.2. The van der Waals surface area contributed by atoms with E-state index in [4.69, 9.17) is 4.74 Å². The van der Waals surface area contributed by atoms with Gasteiger partial charge in [-0.2, -0.15) is 0 Å². The molecule has 0 unspecified atom stereocenters. The van der Waals surface area contributed by atoms with E-state index < -0.39 is 0 Å². The van der Waals surface area contributed by atoms with Crippen LogP contribution < -0.4 is 20.7 Å². The standard InChI is InChI=1S/C18H18N4O3S/c1-3-25-14-7-4-12(5-8-14)20-17(24)21-13-6-9-15-16(10-13)26-18(22-15)19-11(2)23/h4-10H,3H2,1-2H3,(H,19,22,23)(H2,20,21,24). The maximum absolute atomic E-state index is 12.2. The highest BCUT2D eigenvalue weighted by molar-refractivity contribution is 7.22. The van der Waals surface area contributed by atoms with Crippen LogP contribution in [-0.4, -0.2) is 23.5 Å². The molecule has 7 nitrogen and oxygen atoms in total. The molecule has 134 valence electrons. The van der Waals surface area contributed by atoms with Crippen LogP contribution in [0.25, 0.3) is 10.2 Å². The number of benzene rings is 2. The van der Waals surface area contributed by atoms with E-state index in [2.05, 4.69) is 20.9 Å². The van der Waals surface area contributed by atoms with E-state index in [1.807, 2.05) is 13.0 Å². The lowest BCUT2D eigenvalue weighted by atomic mass is 10.3. The lowest BCUT2D eigenvalue weighted by Crippen LogP contribution is -2.19. The molecule has 1 aromatic heterocycles. The number of aromatic nitrogens is 1. The minimum Gasteiger partial charge on any atom is -0.494 e. The molecule has 0 atom stereocenters. The number of rotatable bonds is 5. The number of hydrogen-bond donors (Lipinski definition) is 3. The summed E-state index contributed by atoms with van der Waals surface area (Å²) in [6.07, 6.45) is 0. The first-order valence-corrected chi connectivity index (χ1v) is 8.84. The van der Waals surface area contributed by atoms with Crippen LogP contribution in [0, 0.1) is 0 Å². The minimum atomic E-state index is -0.347. The van der Waals surface area contributed by atoms with Crippen molar-refractivity contribution in [3.05, 3.63) is 42.5 Å². The molecule has 2 aromatic carbocycles. The maximum atomic E-state index is 12.2. The van der Waals surface area contributed by atoms with Gasteiger partial charge in [0.15, 0.2) is 5.13 Å². The molecular weight excluding hydrogens is 352 g/mol. The van der Waals surface area contributed by atoms with Gasteiger partial charge in [0.25, 0.3) is 0 Å². The van der Waals surface area contributed by atoms with E-state index in [0.717, 1.165) is 16.0 Å². The third kappa shape index (κ3) is 4.48. The Hall–Kier alpha value is -3.13. The average Bonchev–Trinajstić information content (AvgIpc) is 2.97. The van der Waals surface area contributed by atoms with Gasteiger partial charge in [0, 0.05) is 18.3 Å². The van der Waals surface area contributed by atoms with Crippen molar-refractivity contribution in [2.45, 2.75) is 13.8 Å². The third-order valence-corrected chi connectivity index (χ3v) is 4.29. The second-order valence-corrected chi connectivity index (χ2v) is 6.45. The second kappa shape index (κ2) is 7.83. The first kappa shape index (κ1) is 17.7. The molecule has 0 aliphatic rings. The molecule has 0 radical (unpaired) electrons. The van der Waals surface area contributed by atoms with E-state index in [1.165, 1.54) is 18.3 Å². The Bertz CT molecular complexity index is 937. The Balaban J connectivity index is 1.65. The Morgan fingerprint density at radius 1 is 1.04 bits per heavy atom. The lowest BCUT2D eigenvalue weighted by molar-refractivity contribution is -0.114. The predicted octanol–water partition coefficient (Wildman–Crippen LogP) is 4.30. The fourth-order valence-corrected chi connectivity index (χ4v) is 3.25. The van der Waals surface area contributed by atoms with Gasteiger partial charge in [-0.1, -0.05) is 11.3 Å². The first-order valence-electron chi connectivity index (χ1n) is 8.02. The number of anilines is 3. The van der Waals surface area contributed by atoms with Crippen molar-refractivity contribution in [1.29, 1.82) is 0 Å². The molecular formula is C18H18N4O3S. The van der Waals surface area contributed by atoms with Crippen molar-refractivity contribution >= 4 is 50.0 Å². The molecule has 3 aromatic rings. The highest BCUT2D eigenvalue weighted by atomic mass is 32.1. The molecule has 1 heterocycles. The molecule has 8 heteroatoms. The summed E-state index contributed by atoms with van der Waals surface area (Å²) in [5, 5.41) is 8.74. The number of urea groups is 1. The Morgan fingerprint density at radius 3 is 2.42 bits per heavy atom. The molecule has 0 spiro atoms. The van der Waals surface area contributed by atoms with E-state index >= 15 is 0 Å². The van der Waals surface area contributed by atoms with Crippen LogP contribution in [0.4, 0.5) is 21.3 Å². The molecule has 3 N–H and O–H groups in total. The van der Waals surface area contributed by atoms with Gasteiger partial charge in [-0.25, -0.2) is 9.78 Å². The monoisotopic (exact) mass is 370 g/mol. The molecule has 0 saturated heterocycles.